The number of non-ortho nitro benzene ring substituents is 1. The van der Waals surface area contributed by atoms with Crippen molar-refractivity contribution >= 4 is 58.1 Å². The van der Waals surface area contributed by atoms with Crippen LogP contribution in [0.4, 0.5) is 11.4 Å². The summed E-state index contributed by atoms with van der Waals surface area (Å²) < 4.78 is 5.25. The molecule has 0 aliphatic rings. The number of halogens is 2. The molecular formula is C23H16Cl2N4O6. The number of ether oxygens (including phenoxy) is 1. The first-order valence-electron chi connectivity index (χ1n) is 9.82. The Labute approximate surface area is 208 Å². The van der Waals surface area contributed by atoms with E-state index in [9.17, 15) is 24.5 Å². The van der Waals surface area contributed by atoms with Crippen LogP contribution in [0.15, 0.2) is 71.8 Å². The number of hydrazone groups is 1. The summed E-state index contributed by atoms with van der Waals surface area (Å²) in [5.41, 5.74) is 3.29. The standard InChI is InChI=1S/C23H16Cl2N4O6/c1-13(27-28-22(31)21(30)26-20-12-16(24)6-11-19(20)25)14-4-9-18(10-5-14)35-23(32)15-2-7-17(8-3-15)29(33)34/h2-12H,1H3,(H,26,30)(H,28,31). The zero-order valence-corrected chi connectivity index (χ0v) is 19.5. The van der Waals surface area contributed by atoms with Gasteiger partial charge in [0.1, 0.15) is 5.75 Å². The first kappa shape index (κ1) is 25.3. The molecule has 35 heavy (non-hydrogen) atoms. The molecule has 0 atom stereocenters. The van der Waals surface area contributed by atoms with E-state index in [1.807, 2.05) is 0 Å². The molecule has 0 saturated carbocycles. The third-order valence-electron chi connectivity index (χ3n) is 4.50. The van der Waals surface area contributed by atoms with Crippen LogP contribution in [0.3, 0.4) is 0 Å². The van der Waals surface area contributed by atoms with Gasteiger partial charge < -0.3 is 10.1 Å². The van der Waals surface area contributed by atoms with Gasteiger partial charge in [0.2, 0.25) is 0 Å². The minimum Gasteiger partial charge on any atom is -0.423 e. The van der Waals surface area contributed by atoms with Crippen molar-refractivity contribution in [3.63, 3.8) is 0 Å². The first-order chi connectivity index (χ1) is 16.6. The van der Waals surface area contributed by atoms with E-state index in [1.165, 1.54) is 54.6 Å². The Balaban J connectivity index is 1.58. The normalized spacial score (nSPS) is 10.9. The number of hydrogen-bond acceptors (Lipinski definition) is 7. The van der Waals surface area contributed by atoms with Crippen LogP contribution < -0.4 is 15.5 Å². The number of hydrogen-bond donors (Lipinski definition) is 2. The fraction of sp³-hybridized carbons (Fsp3) is 0.0435. The van der Waals surface area contributed by atoms with Gasteiger partial charge in [-0.25, -0.2) is 10.2 Å². The van der Waals surface area contributed by atoms with E-state index >= 15 is 0 Å². The lowest BCUT2D eigenvalue weighted by Gasteiger charge is -2.08. The Morgan fingerprint density at radius 2 is 1.54 bits per heavy atom. The van der Waals surface area contributed by atoms with E-state index in [0.29, 0.717) is 16.3 Å². The van der Waals surface area contributed by atoms with Crippen LogP contribution in [0.1, 0.15) is 22.8 Å². The zero-order valence-electron chi connectivity index (χ0n) is 18.0. The Hall–Kier alpha value is -4.28. The van der Waals surface area contributed by atoms with Gasteiger partial charge in [-0.1, -0.05) is 23.2 Å². The highest BCUT2D eigenvalue weighted by Crippen LogP contribution is 2.25. The highest BCUT2D eigenvalue weighted by atomic mass is 35.5. The van der Waals surface area contributed by atoms with Crippen molar-refractivity contribution in [3.05, 3.63) is 98.0 Å². The molecule has 2 N–H and O–H groups in total. The predicted molar refractivity (Wildman–Crippen MR) is 130 cm³/mol. The number of carbonyl (C=O) groups is 3. The number of rotatable bonds is 6. The Bertz CT molecular complexity index is 1320. The average Bonchev–Trinajstić information content (AvgIpc) is 2.85. The van der Waals surface area contributed by atoms with Gasteiger partial charge in [-0.15, -0.1) is 0 Å². The van der Waals surface area contributed by atoms with E-state index in [0.717, 1.165) is 0 Å². The van der Waals surface area contributed by atoms with Gasteiger partial charge in [0.25, 0.3) is 5.69 Å². The van der Waals surface area contributed by atoms with Crippen LogP contribution in [0.5, 0.6) is 5.75 Å². The summed E-state index contributed by atoms with van der Waals surface area (Å²) in [6.45, 7) is 1.60. The van der Waals surface area contributed by atoms with Crippen LogP contribution in [0.25, 0.3) is 0 Å². The van der Waals surface area contributed by atoms with Crippen LogP contribution in [0.2, 0.25) is 10.0 Å². The highest BCUT2D eigenvalue weighted by molar-refractivity contribution is 6.42. The predicted octanol–water partition coefficient (Wildman–Crippen LogP) is 4.60. The third kappa shape index (κ3) is 6.85. The van der Waals surface area contributed by atoms with Gasteiger partial charge >= 0.3 is 17.8 Å². The SMILES string of the molecule is CC(=NNC(=O)C(=O)Nc1cc(Cl)ccc1Cl)c1ccc(OC(=O)c2ccc([N+](=O)[O-])cc2)cc1. The molecule has 12 heteroatoms. The maximum atomic E-state index is 12.2. The number of amides is 2. The largest absolute Gasteiger partial charge is 0.423 e. The van der Waals surface area contributed by atoms with E-state index in [2.05, 4.69) is 15.8 Å². The Morgan fingerprint density at radius 1 is 0.914 bits per heavy atom. The fourth-order valence-corrected chi connectivity index (χ4v) is 3.01. The molecule has 0 bridgehead atoms. The van der Waals surface area contributed by atoms with Crippen LogP contribution in [-0.2, 0) is 9.59 Å². The molecule has 3 aromatic carbocycles. The molecule has 10 nitrogen and oxygen atoms in total. The van der Waals surface area contributed by atoms with Crippen molar-refractivity contribution in [3.8, 4) is 5.75 Å². The minimum absolute atomic E-state index is 0.140. The quantitative estimate of drug-likeness (QED) is 0.123. The molecule has 0 saturated heterocycles. The van der Waals surface area contributed by atoms with Crippen LogP contribution >= 0.6 is 23.2 Å². The summed E-state index contributed by atoms with van der Waals surface area (Å²) in [5, 5.41) is 17.5. The van der Waals surface area contributed by atoms with Crippen molar-refractivity contribution in [1.82, 2.24) is 5.43 Å². The molecule has 0 spiro atoms. The van der Waals surface area contributed by atoms with Gasteiger partial charge in [-0.2, -0.15) is 5.10 Å². The summed E-state index contributed by atoms with van der Waals surface area (Å²) in [6, 6.07) is 15.6. The molecule has 0 fully saturated rings. The molecule has 0 radical (unpaired) electrons. The molecule has 3 aromatic rings. The lowest BCUT2D eigenvalue weighted by atomic mass is 10.1. The summed E-state index contributed by atoms with van der Waals surface area (Å²) in [4.78, 5) is 46.5. The van der Waals surface area contributed by atoms with Gasteiger partial charge in [-0.3, -0.25) is 19.7 Å². The number of nitro benzene ring substituents is 1. The van der Waals surface area contributed by atoms with E-state index in [4.69, 9.17) is 27.9 Å². The fourth-order valence-electron chi connectivity index (χ4n) is 2.67. The molecule has 0 aromatic heterocycles. The second-order valence-corrected chi connectivity index (χ2v) is 7.78. The second-order valence-electron chi connectivity index (χ2n) is 6.93. The lowest BCUT2D eigenvalue weighted by molar-refractivity contribution is -0.384. The first-order valence-corrected chi connectivity index (χ1v) is 10.6. The summed E-state index contributed by atoms with van der Waals surface area (Å²) in [5.74, 6) is -2.46. The van der Waals surface area contributed by atoms with Gasteiger partial charge in [0.05, 0.1) is 26.9 Å². The molecule has 2 amide bonds. The molecule has 0 unspecified atom stereocenters. The van der Waals surface area contributed by atoms with Gasteiger partial charge in [-0.05, 0) is 67.1 Å². The van der Waals surface area contributed by atoms with E-state index in [1.54, 1.807) is 19.1 Å². The van der Waals surface area contributed by atoms with Crippen molar-refractivity contribution in [2.45, 2.75) is 6.92 Å². The van der Waals surface area contributed by atoms with Crippen LogP contribution in [-0.4, -0.2) is 28.4 Å². The number of carbonyl (C=O) groups excluding carboxylic acids is 3. The third-order valence-corrected chi connectivity index (χ3v) is 5.07. The highest BCUT2D eigenvalue weighted by Gasteiger charge is 2.16. The Kier molecular flexibility index (Phi) is 8.13. The number of anilines is 1. The summed E-state index contributed by atoms with van der Waals surface area (Å²) in [6.07, 6.45) is 0. The Morgan fingerprint density at radius 3 is 2.17 bits per heavy atom. The van der Waals surface area contributed by atoms with E-state index in [-0.39, 0.29) is 27.7 Å². The van der Waals surface area contributed by atoms with Crippen molar-refractivity contribution in [2.24, 2.45) is 5.10 Å². The summed E-state index contributed by atoms with van der Waals surface area (Å²) in [7, 11) is 0. The average molecular weight is 515 g/mol. The van der Waals surface area contributed by atoms with E-state index < -0.39 is 22.7 Å². The topological polar surface area (TPSA) is 140 Å². The minimum atomic E-state index is -1.02. The van der Waals surface area contributed by atoms with Crippen molar-refractivity contribution in [1.29, 1.82) is 0 Å². The second kappa shape index (κ2) is 11.2. The number of nitro groups is 1. The van der Waals surface area contributed by atoms with Crippen LogP contribution in [0, 0.1) is 10.1 Å². The maximum absolute atomic E-state index is 12.2. The number of benzene rings is 3. The zero-order chi connectivity index (χ0) is 25.5. The summed E-state index contributed by atoms with van der Waals surface area (Å²) >= 11 is 11.8. The number of nitrogens with one attached hydrogen (secondary N) is 2. The molecule has 0 heterocycles. The lowest BCUT2D eigenvalue weighted by Crippen LogP contribution is -2.33. The molecule has 0 aliphatic carbocycles. The van der Waals surface area contributed by atoms with Crippen molar-refractivity contribution < 1.29 is 24.0 Å². The molecular weight excluding hydrogens is 499 g/mol. The molecule has 0 aliphatic heterocycles. The van der Waals surface area contributed by atoms with Crippen molar-refractivity contribution in [2.75, 3.05) is 5.32 Å². The van der Waals surface area contributed by atoms with Gasteiger partial charge in [0, 0.05) is 17.2 Å². The monoisotopic (exact) mass is 514 g/mol. The molecule has 3 rings (SSSR count). The molecule has 178 valence electrons. The smallest absolute Gasteiger partial charge is 0.343 e. The number of nitrogens with zero attached hydrogens (tertiary/aromatic N) is 2. The number of esters is 1. The van der Waals surface area contributed by atoms with Gasteiger partial charge in [0.15, 0.2) is 0 Å². The maximum Gasteiger partial charge on any atom is 0.343 e.